The number of amides is 1. The summed E-state index contributed by atoms with van der Waals surface area (Å²) >= 11 is 7.51. The first kappa shape index (κ1) is 18.0. The van der Waals surface area contributed by atoms with Crippen molar-refractivity contribution in [3.05, 3.63) is 64.7 Å². The van der Waals surface area contributed by atoms with Gasteiger partial charge < -0.3 is 5.32 Å². The molecular weight excluding hydrogens is 350 g/mol. The van der Waals surface area contributed by atoms with Crippen molar-refractivity contribution in [1.82, 2.24) is 5.32 Å². The predicted octanol–water partition coefficient (Wildman–Crippen LogP) is 3.74. The van der Waals surface area contributed by atoms with Crippen molar-refractivity contribution < 1.29 is 9.00 Å². The van der Waals surface area contributed by atoms with Crippen LogP contribution in [0.3, 0.4) is 0 Å². The lowest BCUT2D eigenvalue weighted by Gasteiger charge is -2.07. The normalized spacial score (nSPS) is 11.9. The van der Waals surface area contributed by atoms with Gasteiger partial charge in [0.2, 0.25) is 0 Å². The van der Waals surface area contributed by atoms with Crippen molar-refractivity contribution >= 4 is 40.1 Å². The van der Waals surface area contributed by atoms with Gasteiger partial charge in [-0.15, -0.1) is 11.8 Å². The van der Waals surface area contributed by atoms with Gasteiger partial charge in [0.15, 0.2) is 0 Å². The maximum atomic E-state index is 12.1. The van der Waals surface area contributed by atoms with Gasteiger partial charge >= 0.3 is 0 Å². The summed E-state index contributed by atoms with van der Waals surface area (Å²) in [6.45, 7) is 0.579. The Kier molecular flexibility index (Phi) is 7.15. The smallest absolute Gasteiger partial charge is 0.251 e. The Morgan fingerprint density at radius 1 is 1.22 bits per heavy atom. The number of halogens is 1. The topological polar surface area (TPSA) is 46.2 Å². The fourth-order valence-electron chi connectivity index (χ4n) is 2.00. The third-order valence-corrected chi connectivity index (χ3v) is 5.03. The molecule has 2 aromatic rings. The van der Waals surface area contributed by atoms with Crippen LogP contribution in [0.15, 0.2) is 53.4 Å². The van der Waals surface area contributed by atoms with Gasteiger partial charge in [-0.2, -0.15) is 0 Å². The summed E-state index contributed by atoms with van der Waals surface area (Å²) in [7, 11) is -0.912. The quantitative estimate of drug-likeness (QED) is 0.599. The molecule has 0 aromatic heterocycles. The number of hydrogen-bond donors (Lipinski definition) is 1. The Hall–Kier alpha value is -1.30. The highest BCUT2D eigenvalue weighted by molar-refractivity contribution is 7.99. The number of carbonyl (C=O) groups is 1. The van der Waals surface area contributed by atoms with Crippen molar-refractivity contribution in [1.29, 1.82) is 0 Å². The molecule has 0 aliphatic heterocycles. The van der Waals surface area contributed by atoms with Crippen LogP contribution in [0.2, 0.25) is 5.02 Å². The van der Waals surface area contributed by atoms with E-state index in [4.69, 9.17) is 11.6 Å². The third kappa shape index (κ3) is 6.37. The second kappa shape index (κ2) is 9.11. The molecule has 0 heterocycles. The zero-order chi connectivity index (χ0) is 16.7. The zero-order valence-corrected chi connectivity index (χ0v) is 15.1. The summed E-state index contributed by atoms with van der Waals surface area (Å²) in [6.07, 6.45) is 1.65. The lowest BCUT2D eigenvalue weighted by atomic mass is 10.1. The van der Waals surface area contributed by atoms with E-state index >= 15 is 0 Å². The number of thioether (sulfide) groups is 1. The van der Waals surface area contributed by atoms with Crippen molar-refractivity contribution in [2.75, 3.05) is 18.6 Å². The minimum absolute atomic E-state index is 0.106. The molecule has 2 aromatic carbocycles. The van der Waals surface area contributed by atoms with Crippen LogP contribution < -0.4 is 5.32 Å². The van der Waals surface area contributed by atoms with E-state index in [1.807, 2.05) is 36.4 Å². The van der Waals surface area contributed by atoms with Gasteiger partial charge in [0.05, 0.1) is 0 Å². The van der Waals surface area contributed by atoms with E-state index in [2.05, 4.69) is 5.32 Å². The number of nitrogens with one attached hydrogen (secondary N) is 1. The summed E-state index contributed by atoms with van der Waals surface area (Å²) < 4.78 is 11.3. The first-order valence-corrected chi connectivity index (χ1v) is 10.2. The van der Waals surface area contributed by atoms with E-state index in [-0.39, 0.29) is 5.91 Å². The Bertz CT molecular complexity index is 689. The second-order valence-corrected chi connectivity index (χ2v) is 8.02. The second-order valence-electron chi connectivity index (χ2n) is 4.98. The molecule has 2 rings (SSSR count). The fourth-order valence-corrected chi connectivity index (χ4v) is 3.55. The van der Waals surface area contributed by atoms with E-state index < -0.39 is 10.8 Å². The van der Waals surface area contributed by atoms with Crippen LogP contribution in [0.1, 0.15) is 15.9 Å². The highest BCUT2D eigenvalue weighted by Gasteiger charge is 2.06. The molecule has 23 heavy (non-hydrogen) atoms. The molecule has 1 N–H and O–H groups in total. The number of carbonyl (C=O) groups excluding carboxylic acids is 1. The number of rotatable bonds is 7. The van der Waals surface area contributed by atoms with Crippen LogP contribution in [0, 0.1) is 0 Å². The lowest BCUT2D eigenvalue weighted by molar-refractivity contribution is 0.0956. The predicted molar refractivity (Wildman–Crippen MR) is 98.7 cm³/mol. The van der Waals surface area contributed by atoms with Crippen molar-refractivity contribution in [2.24, 2.45) is 0 Å². The van der Waals surface area contributed by atoms with Crippen LogP contribution in [-0.4, -0.2) is 28.7 Å². The standard InChI is InChI=1S/C17H18ClNO2S2/c1-23(21)12-13-3-2-4-14(11-13)17(20)19-9-10-22-16-7-5-15(18)6-8-16/h2-8,11H,9-10,12H2,1H3,(H,19,20). The minimum Gasteiger partial charge on any atom is -0.351 e. The summed E-state index contributed by atoms with van der Waals surface area (Å²) in [5.41, 5.74) is 1.51. The summed E-state index contributed by atoms with van der Waals surface area (Å²) in [4.78, 5) is 13.2. The molecule has 0 spiro atoms. The lowest BCUT2D eigenvalue weighted by Crippen LogP contribution is -2.25. The van der Waals surface area contributed by atoms with Gasteiger partial charge in [-0.3, -0.25) is 9.00 Å². The molecule has 0 aliphatic carbocycles. The van der Waals surface area contributed by atoms with E-state index in [0.29, 0.717) is 17.9 Å². The van der Waals surface area contributed by atoms with Crippen molar-refractivity contribution in [3.8, 4) is 0 Å². The van der Waals surface area contributed by atoms with Gasteiger partial charge in [0.25, 0.3) is 5.91 Å². The van der Waals surface area contributed by atoms with E-state index in [9.17, 15) is 9.00 Å². The molecule has 3 nitrogen and oxygen atoms in total. The van der Waals surface area contributed by atoms with E-state index in [1.165, 1.54) is 0 Å². The highest BCUT2D eigenvalue weighted by Crippen LogP contribution is 2.19. The Morgan fingerprint density at radius 2 is 1.96 bits per heavy atom. The molecule has 1 amide bonds. The molecular formula is C17H18ClNO2S2. The first-order valence-electron chi connectivity index (χ1n) is 7.10. The van der Waals surface area contributed by atoms with Crippen LogP contribution in [0.25, 0.3) is 0 Å². The maximum absolute atomic E-state index is 12.1. The Labute approximate surface area is 148 Å². The monoisotopic (exact) mass is 367 g/mol. The van der Waals surface area contributed by atoms with Gasteiger partial charge in [-0.05, 0) is 42.0 Å². The fraction of sp³-hybridized carbons (Fsp3) is 0.235. The first-order chi connectivity index (χ1) is 11.0. The zero-order valence-electron chi connectivity index (χ0n) is 12.8. The van der Waals surface area contributed by atoms with Crippen LogP contribution in [-0.2, 0) is 16.6 Å². The van der Waals surface area contributed by atoms with Gasteiger partial charge in [-0.25, -0.2) is 0 Å². The van der Waals surface area contributed by atoms with Gasteiger partial charge in [0, 0.05) is 50.6 Å². The molecule has 1 atom stereocenters. The summed E-state index contributed by atoms with van der Waals surface area (Å²) in [6, 6.07) is 14.9. The average Bonchev–Trinajstić information content (AvgIpc) is 2.52. The van der Waals surface area contributed by atoms with Crippen molar-refractivity contribution in [3.63, 3.8) is 0 Å². The minimum atomic E-state index is -0.912. The molecule has 0 fully saturated rings. The van der Waals surface area contributed by atoms with E-state index in [1.54, 1.807) is 30.2 Å². The average molecular weight is 368 g/mol. The van der Waals surface area contributed by atoms with Crippen LogP contribution in [0.4, 0.5) is 0 Å². The molecule has 0 aliphatic rings. The SMILES string of the molecule is CS(=O)Cc1cccc(C(=O)NCCSc2ccc(Cl)cc2)c1. The maximum Gasteiger partial charge on any atom is 0.251 e. The molecule has 0 radical (unpaired) electrons. The largest absolute Gasteiger partial charge is 0.351 e. The Morgan fingerprint density at radius 3 is 2.65 bits per heavy atom. The molecule has 1 unspecified atom stereocenters. The van der Waals surface area contributed by atoms with Crippen LogP contribution >= 0.6 is 23.4 Å². The summed E-state index contributed by atoms with van der Waals surface area (Å²) in [5.74, 6) is 1.14. The molecule has 0 saturated heterocycles. The molecule has 6 heteroatoms. The van der Waals surface area contributed by atoms with Gasteiger partial charge in [-0.1, -0.05) is 23.7 Å². The van der Waals surface area contributed by atoms with Crippen molar-refractivity contribution in [2.45, 2.75) is 10.6 Å². The number of benzene rings is 2. The van der Waals surface area contributed by atoms with Crippen LogP contribution in [0.5, 0.6) is 0 Å². The number of hydrogen-bond acceptors (Lipinski definition) is 3. The molecule has 0 saturated carbocycles. The van der Waals surface area contributed by atoms with E-state index in [0.717, 1.165) is 21.2 Å². The summed E-state index contributed by atoms with van der Waals surface area (Å²) in [5, 5.41) is 3.62. The van der Waals surface area contributed by atoms with Gasteiger partial charge in [0.1, 0.15) is 0 Å². The molecule has 0 bridgehead atoms. The Balaban J connectivity index is 1.80. The highest BCUT2D eigenvalue weighted by atomic mass is 35.5. The third-order valence-electron chi connectivity index (χ3n) is 3.03. The molecule has 122 valence electrons.